The number of amides is 1. The summed E-state index contributed by atoms with van der Waals surface area (Å²) in [7, 11) is 1.61. The standard InChI is InChI=1S/C24H23N5O4/c1-32-21-7-3-2-6-18(21)19-13-17(14-20-23(19)33-24(31)26-20)16-5-4-10-28(15-16)22(30)8-11-29-12-9-25-27-29/h2-3,5-7,9,12-14H,4,8,10-11,15H2,1H3,(H,26,31). The van der Waals surface area contributed by atoms with Gasteiger partial charge in [-0.05, 0) is 35.8 Å². The number of para-hydroxylation sites is 1. The molecule has 9 heteroatoms. The molecule has 1 aliphatic heterocycles. The first-order valence-electron chi connectivity index (χ1n) is 10.7. The summed E-state index contributed by atoms with van der Waals surface area (Å²) in [5.41, 5.74) is 4.62. The number of nitrogens with zero attached hydrogens (tertiary/aromatic N) is 4. The fourth-order valence-corrected chi connectivity index (χ4v) is 4.20. The Kier molecular flexibility index (Phi) is 5.52. The Hall–Kier alpha value is -4.14. The van der Waals surface area contributed by atoms with Gasteiger partial charge in [-0.1, -0.05) is 29.5 Å². The molecule has 0 atom stereocenters. The zero-order chi connectivity index (χ0) is 22.8. The Morgan fingerprint density at radius 2 is 2.12 bits per heavy atom. The second-order valence-electron chi connectivity index (χ2n) is 7.86. The number of ether oxygens (including phenoxy) is 1. The van der Waals surface area contributed by atoms with Crippen LogP contribution < -0.4 is 10.5 Å². The van der Waals surface area contributed by atoms with E-state index in [1.165, 1.54) is 0 Å². The fourth-order valence-electron chi connectivity index (χ4n) is 4.20. The molecule has 0 aliphatic carbocycles. The zero-order valence-electron chi connectivity index (χ0n) is 18.2. The normalized spacial score (nSPS) is 13.8. The van der Waals surface area contributed by atoms with Crippen molar-refractivity contribution >= 4 is 22.6 Å². The first-order valence-corrected chi connectivity index (χ1v) is 10.7. The molecular weight excluding hydrogens is 422 g/mol. The number of rotatable bonds is 6. The number of aromatic amines is 1. The SMILES string of the molecule is COc1ccccc1-c1cc(C2=CCCN(C(=O)CCn3ccnn3)C2)cc2[nH]c(=O)oc12. The predicted octanol–water partition coefficient (Wildman–Crippen LogP) is 3.09. The first-order chi connectivity index (χ1) is 16.1. The fraction of sp³-hybridized carbons (Fsp3) is 0.250. The van der Waals surface area contributed by atoms with E-state index in [-0.39, 0.29) is 5.91 Å². The summed E-state index contributed by atoms with van der Waals surface area (Å²) in [6, 6.07) is 11.5. The molecule has 2 aromatic carbocycles. The van der Waals surface area contributed by atoms with E-state index < -0.39 is 5.76 Å². The van der Waals surface area contributed by atoms with Gasteiger partial charge in [-0.25, -0.2) is 4.79 Å². The van der Waals surface area contributed by atoms with Crippen LogP contribution in [0.1, 0.15) is 18.4 Å². The number of aryl methyl sites for hydroxylation is 1. The Bertz CT molecular complexity index is 1380. The van der Waals surface area contributed by atoms with Gasteiger partial charge >= 0.3 is 5.76 Å². The van der Waals surface area contributed by atoms with Crippen LogP contribution in [0, 0.1) is 0 Å². The molecule has 0 saturated heterocycles. The van der Waals surface area contributed by atoms with Crippen LogP contribution in [-0.4, -0.2) is 51.0 Å². The molecule has 0 unspecified atom stereocenters. The van der Waals surface area contributed by atoms with E-state index in [0.717, 1.165) is 28.7 Å². The van der Waals surface area contributed by atoms with Crippen LogP contribution in [-0.2, 0) is 11.3 Å². The lowest BCUT2D eigenvalue weighted by molar-refractivity contribution is -0.131. The zero-order valence-corrected chi connectivity index (χ0v) is 18.2. The molecule has 3 heterocycles. The van der Waals surface area contributed by atoms with Gasteiger partial charge in [0.05, 0.1) is 25.4 Å². The molecule has 4 aromatic rings. The van der Waals surface area contributed by atoms with Crippen LogP contribution in [0.2, 0.25) is 0 Å². The maximum absolute atomic E-state index is 12.8. The van der Waals surface area contributed by atoms with Crippen molar-refractivity contribution in [3.05, 3.63) is 71.0 Å². The largest absolute Gasteiger partial charge is 0.496 e. The van der Waals surface area contributed by atoms with Crippen molar-refractivity contribution in [1.82, 2.24) is 24.9 Å². The maximum Gasteiger partial charge on any atom is 0.417 e. The molecule has 168 valence electrons. The third-order valence-electron chi connectivity index (χ3n) is 5.82. The van der Waals surface area contributed by atoms with Crippen molar-refractivity contribution in [3.8, 4) is 16.9 Å². The summed E-state index contributed by atoms with van der Waals surface area (Å²) in [5, 5.41) is 7.69. The molecule has 0 saturated carbocycles. The van der Waals surface area contributed by atoms with E-state index in [1.54, 1.807) is 24.2 Å². The minimum absolute atomic E-state index is 0.0684. The van der Waals surface area contributed by atoms with E-state index in [9.17, 15) is 9.59 Å². The Morgan fingerprint density at radius 3 is 2.94 bits per heavy atom. The van der Waals surface area contributed by atoms with Crippen molar-refractivity contribution in [3.63, 3.8) is 0 Å². The molecule has 1 aliphatic rings. The minimum Gasteiger partial charge on any atom is -0.496 e. The molecule has 2 aromatic heterocycles. The van der Waals surface area contributed by atoms with Gasteiger partial charge in [0.25, 0.3) is 0 Å². The van der Waals surface area contributed by atoms with Gasteiger partial charge in [0, 0.05) is 36.8 Å². The van der Waals surface area contributed by atoms with Crippen LogP contribution in [0.15, 0.2) is 64.1 Å². The summed E-state index contributed by atoms with van der Waals surface area (Å²) in [5.74, 6) is 0.238. The number of carbonyl (C=O) groups is 1. The summed E-state index contributed by atoms with van der Waals surface area (Å²) in [6.45, 7) is 1.66. The van der Waals surface area contributed by atoms with Crippen LogP contribution in [0.3, 0.4) is 0 Å². The average molecular weight is 445 g/mol. The quantitative estimate of drug-likeness (QED) is 0.489. The molecule has 33 heavy (non-hydrogen) atoms. The van der Waals surface area contributed by atoms with E-state index in [1.807, 2.05) is 41.3 Å². The van der Waals surface area contributed by atoms with Crippen LogP contribution >= 0.6 is 0 Å². The second-order valence-corrected chi connectivity index (χ2v) is 7.86. The Balaban J connectivity index is 1.46. The number of benzene rings is 2. The van der Waals surface area contributed by atoms with E-state index in [4.69, 9.17) is 9.15 Å². The van der Waals surface area contributed by atoms with Gasteiger partial charge in [0.1, 0.15) is 5.75 Å². The number of H-pyrrole nitrogens is 1. The number of hydrogen-bond acceptors (Lipinski definition) is 6. The van der Waals surface area contributed by atoms with Crippen LogP contribution in [0.25, 0.3) is 27.8 Å². The highest BCUT2D eigenvalue weighted by atomic mass is 16.5. The second kappa shape index (κ2) is 8.78. The molecule has 0 radical (unpaired) electrons. The minimum atomic E-state index is -0.513. The van der Waals surface area contributed by atoms with E-state index in [0.29, 0.717) is 42.9 Å². The molecule has 1 amide bonds. The van der Waals surface area contributed by atoms with E-state index >= 15 is 0 Å². The van der Waals surface area contributed by atoms with Crippen molar-refractivity contribution in [2.75, 3.05) is 20.2 Å². The monoisotopic (exact) mass is 445 g/mol. The first kappa shape index (κ1) is 20.7. The topological polar surface area (TPSA) is 106 Å². The highest BCUT2D eigenvalue weighted by Crippen LogP contribution is 2.37. The number of aromatic nitrogens is 4. The predicted molar refractivity (Wildman–Crippen MR) is 123 cm³/mol. The lowest BCUT2D eigenvalue weighted by atomic mass is 9.95. The third kappa shape index (κ3) is 4.17. The molecule has 0 spiro atoms. The van der Waals surface area contributed by atoms with Crippen molar-refractivity contribution in [1.29, 1.82) is 0 Å². The number of fused-ring (bicyclic) bond motifs is 1. The number of nitrogens with one attached hydrogen (secondary N) is 1. The summed E-state index contributed by atoms with van der Waals surface area (Å²) < 4.78 is 12.6. The Morgan fingerprint density at radius 1 is 1.24 bits per heavy atom. The number of carbonyl (C=O) groups excluding carboxylic acids is 1. The highest BCUT2D eigenvalue weighted by Gasteiger charge is 2.21. The van der Waals surface area contributed by atoms with Gasteiger partial charge in [0.15, 0.2) is 5.58 Å². The van der Waals surface area contributed by atoms with Gasteiger partial charge in [-0.2, -0.15) is 0 Å². The molecule has 9 nitrogen and oxygen atoms in total. The van der Waals surface area contributed by atoms with Crippen LogP contribution in [0.4, 0.5) is 0 Å². The molecular formula is C24H23N5O4. The third-order valence-corrected chi connectivity index (χ3v) is 5.82. The van der Waals surface area contributed by atoms with Gasteiger partial charge in [-0.3, -0.25) is 14.5 Å². The summed E-state index contributed by atoms with van der Waals surface area (Å²) in [6.07, 6.45) is 6.61. The van der Waals surface area contributed by atoms with Gasteiger partial charge < -0.3 is 14.1 Å². The van der Waals surface area contributed by atoms with Gasteiger partial charge in [-0.15, -0.1) is 5.10 Å². The van der Waals surface area contributed by atoms with Crippen molar-refractivity contribution < 1.29 is 13.9 Å². The molecule has 0 bridgehead atoms. The Labute approximate surface area is 189 Å². The van der Waals surface area contributed by atoms with E-state index in [2.05, 4.69) is 21.4 Å². The molecule has 0 fully saturated rings. The summed E-state index contributed by atoms with van der Waals surface area (Å²) >= 11 is 0. The number of hydrogen-bond donors (Lipinski definition) is 1. The smallest absolute Gasteiger partial charge is 0.417 e. The van der Waals surface area contributed by atoms with Crippen molar-refractivity contribution in [2.45, 2.75) is 19.4 Å². The lowest BCUT2D eigenvalue weighted by Gasteiger charge is -2.28. The average Bonchev–Trinajstić information content (AvgIpc) is 3.50. The summed E-state index contributed by atoms with van der Waals surface area (Å²) in [4.78, 5) is 29.4. The molecule has 1 N–H and O–H groups in total. The number of methoxy groups -OCH3 is 1. The lowest BCUT2D eigenvalue weighted by Crippen LogP contribution is -2.35. The highest BCUT2D eigenvalue weighted by molar-refractivity contribution is 5.95. The van der Waals surface area contributed by atoms with Crippen LogP contribution in [0.5, 0.6) is 5.75 Å². The molecule has 5 rings (SSSR count). The number of oxazole rings is 1. The van der Waals surface area contributed by atoms with Crippen molar-refractivity contribution in [2.24, 2.45) is 0 Å². The maximum atomic E-state index is 12.8. The van der Waals surface area contributed by atoms with Gasteiger partial charge in [0.2, 0.25) is 5.91 Å².